The first-order valence-corrected chi connectivity index (χ1v) is 9.02. The molecule has 0 aliphatic carbocycles. The summed E-state index contributed by atoms with van der Waals surface area (Å²) < 4.78 is 5.29. The van der Waals surface area contributed by atoms with Crippen LogP contribution < -0.4 is 5.32 Å². The maximum absolute atomic E-state index is 12.9. The molecule has 7 nitrogen and oxygen atoms in total. The number of rotatable bonds is 4. The van der Waals surface area contributed by atoms with E-state index in [1.54, 1.807) is 11.8 Å². The standard InChI is InChI=1S/C18H28N2O5/c1-13(11-21)19-16(22)10-14-6-3-2-4-8-17(23)25-12-15-7-5-9-20(15)18(14)24/h2-3,13-15,21H,4-12H2,1H3,(H,19,22)/t13-,14-,15+/m1/s1. The van der Waals surface area contributed by atoms with Gasteiger partial charge in [-0.1, -0.05) is 12.2 Å². The van der Waals surface area contributed by atoms with Crippen LogP contribution in [-0.2, 0) is 19.1 Å². The van der Waals surface area contributed by atoms with Gasteiger partial charge in [-0.2, -0.15) is 0 Å². The molecule has 0 radical (unpaired) electrons. The summed E-state index contributed by atoms with van der Waals surface area (Å²) in [5, 5.41) is 11.7. The SMILES string of the molecule is C[C@H](CO)NC(=O)C[C@H]1CC=CCCC(=O)OC[C@@H]2CCCN2C1=O. The molecule has 0 saturated carbocycles. The summed E-state index contributed by atoms with van der Waals surface area (Å²) in [6.07, 6.45) is 6.89. The Morgan fingerprint density at radius 3 is 3.00 bits per heavy atom. The number of amides is 2. The van der Waals surface area contributed by atoms with Gasteiger partial charge in [-0.3, -0.25) is 14.4 Å². The van der Waals surface area contributed by atoms with E-state index in [2.05, 4.69) is 5.32 Å². The van der Waals surface area contributed by atoms with Crippen LogP contribution in [0.25, 0.3) is 0 Å². The number of esters is 1. The Kier molecular flexibility index (Phi) is 7.43. The van der Waals surface area contributed by atoms with E-state index in [1.807, 2.05) is 12.2 Å². The van der Waals surface area contributed by atoms with Crippen LogP contribution >= 0.6 is 0 Å². The third-order valence-corrected chi connectivity index (χ3v) is 4.66. The molecular weight excluding hydrogens is 324 g/mol. The minimum atomic E-state index is -0.433. The van der Waals surface area contributed by atoms with E-state index in [9.17, 15) is 14.4 Å². The van der Waals surface area contributed by atoms with Crippen molar-refractivity contribution in [1.82, 2.24) is 10.2 Å². The molecule has 0 aromatic rings. The van der Waals surface area contributed by atoms with Crippen molar-refractivity contribution < 1.29 is 24.2 Å². The molecular formula is C18H28N2O5. The molecule has 140 valence electrons. The molecule has 0 spiro atoms. The molecule has 1 fully saturated rings. The van der Waals surface area contributed by atoms with Crippen LogP contribution in [0.2, 0.25) is 0 Å². The highest BCUT2D eigenvalue weighted by molar-refractivity contribution is 5.86. The lowest BCUT2D eigenvalue weighted by molar-refractivity contribution is -0.148. The molecule has 7 heteroatoms. The zero-order valence-corrected chi connectivity index (χ0v) is 14.8. The predicted octanol–water partition coefficient (Wildman–Crippen LogP) is 0.764. The van der Waals surface area contributed by atoms with Gasteiger partial charge in [0, 0.05) is 25.4 Å². The molecule has 2 rings (SSSR count). The number of aliphatic hydroxyl groups excluding tert-OH is 1. The van der Waals surface area contributed by atoms with Gasteiger partial charge in [0.1, 0.15) is 6.61 Å². The molecule has 0 bridgehead atoms. The van der Waals surface area contributed by atoms with Gasteiger partial charge >= 0.3 is 5.97 Å². The molecule has 2 N–H and O–H groups in total. The summed E-state index contributed by atoms with van der Waals surface area (Å²) in [7, 11) is 0. The Morgan fingerprint density at radius 1 is 1.44 bits per heavy atom. The van der Waals surface area contributed by atoms with Gasteiger partial charge in [0.05, 0.1) is 18.6 Å². The molecule has 0 unspecified atom stereocenters. The molecule has 1 saturated heterocycles. The number of carbonyl (C=O) groups is 3. The average molecular weight is 352 g/mol. The number of fused-ring (bicyclic) bond motifs is 1. The van der Waals surface area contributed by atoms with Gasteiger partial charge in [-0.15, -0.1) is 0 Å². The number of allylic oxidation sites excluding steroid dienone is 2. The molecule has 0 aromatic heterocycles. The summed E-state index contributed by atoms with van der Waals surface area (Å²) in [4.78, 5) is 38.5. The summed E-state index contributed by atoms with van der Waals surface area (Å²) in [5.41, 5.74) is 0. The zero-order chi connectivity index (χ0) is 18.2. The van der Waals surface area contributed by atoms with E-state index in [-0.39, 0.29) is 49.5 Å². The first-order valence-electron chi connectivity index (χ1n) is 9.02. The Morgan fingerprint density at radius 2 is 2.24 bits per heavy atom. The lowest BCUT2D eigenvalue weighted by atomic mass is 9.97. The lowest BCUT2D eigenvalue weighted by Crippen LogP contribution is -2.44. The van der Waals surface area contributed by atoms with E-state index in [0.29, 0.717) is 25.8 Å². The second-order valence-electron chi connectivity index (χ2n) is 6.81. The maximum Gasteiger partial charge on any atom is 0.306 e. The number of hydrogen-bond acceptors (Lipinski definition) is 5. The van der Waals surface area contributed by atoms with Gasteiger partial charge in [-0.05, 0) is 32.6 Å². The Bertz CT molecular complexity index is 520. The molecule has 0 aromatic carbocycles. The highest BCUT2D eigenvalue weighted by Gasteiger charge is 2.34. The number of nitrogens with zero attached hydrogens (tertiary/aromatic N) is 1. The first-order chi connectivity index (χ1) is 12.0. The second kappa shape index (κ2) is 9.56. The van der Waals surface area contributed by atoms with Crippen molar-refractivity contribution in [2.24, 2.45) is 5.92 Å². The fourth-order valence-corrected chi connectivity index (χ4v) is 3.25. The van der Waals surface area contributed by atoms with Crippen molar-refractivity contribution in [3.8, 4) is 0 Å². The minimum absolute atomic E-state index is 0.0597. The number of ether oxygens (including phenoxy) is 1. The molecule has 2 heterocycles. The van der Waals surface area contributed by atoms with Gasteiger partial charge in [0.2, 0.25) is 11.8 Å². The van der Waals surface area contributed by atoms with Crippen LogP contribution in [0.5, 0.6) is 0 Å². The van der Waals surface area contributed by atoms with E-state index < -0.39 is 5.92 Å². The summed E-state index contributed by atoms with van der Waals surface area (Å²) in [6, 6.07) is -0.426. The van der Waals surface area contributed by atoms with Crippen LogP contribution in [0.3, 0.4) is 0 Å². The molecule has 25 heavy (non-hydrogen) atoms. The van der Waals surface area contributed by atoms with E-state index >= 15 is 0 Å². The van der Waals surface area contributed by atoms with Crippen LogP contribution in [0, 0.1) is 5.92 Å². The van der Waals surface area contributed by atoms with Crippen molar-refractivity contribution in [1.29, 1.82) is 0 Å². The quantitative estimate of drug-likeness (QED) is 0.575. The van der Waals surface area contributed by atoms with Crippen molar-refractivity contribution in [2.45, 2.75) is 57.5 Å². The minimum Gasteiger partial charge on any atom is -0.463 e. The number of cyclic esters (lactones) is 1. The molecule has 2 aliphatic heterocycles. The van der Waals surface area contributed by atoms with Gasteiger partial charge in [0.25, 0.3) is 0 Å². The Balaban J connectivity index is 2.08. The van der Waals surface area contributed by atoms with Crippen LogP contribution in [-0.4, -0.2) is 59.6 Å². The van der Waals surface area contributed by atoms with Crippen LogP contribution in [0.4, 0.5) is 0 Å². The number of hydrogen-bond donors (Lipinski definition) is 2. The number of carbonyl (C=O) groups excluding carboxylic acids is 3. The zero-order valence-electron chi connectivity index (χ0n) is 14.8. The third-order valence-electron chi connectivity index (χ3n) is 4.66. The summed E-state index contributed by atoms with van der Waals surface area (Å²) >= 11 is 0. The van der Waals surface area contributed by atoms with Gasteiger partial charge in [-0.25, -0.2) is 0 Å². The smallest absolute Gasteiger partial charge is 0.306 e. The maximum atomic E-state index is 12.9. The van der Waals surface area contributed by atoms with Crippen molar-refractivity contribution in [2.75, 3.05) is 19.8 Å². The van der Waals surface area contributed by atoms with Crippen molar-refractivity contribution >= 4 is 17.8 Å². The van der Waals surface area contributed by atoms with E-state index in [4.69, 9.17) is 9.84 Å². The highest BCUT2D eigenvalue weighted by Crippen LogP contribution is 2.24. The predicted molar refractivity (Wildman–Crippen MR) is 91.5 cm³/mol. The van der Waals surface area contributed by atoms with E-state index in [0.717, 1.165) is 12.8 Å². The van der Waals surface area contributed by atoms with Crippen LogP contribution in [0.1, 0.15) is 45.4 Å². The van der Waals surface area contributed by atoms with Gasteiger partial charge in [0.15, 0.2) is 0 Å². The van der Waals surface area contributed by atoms with Crippen molar-refractivity contribution in [3.63, 3.8) is 0 Å². The second-order valence-corrected chi connectivity index (χ2v) is 6.81. The summed E-state index contributed by atoms with van der Waals surface area (Å²) in [6.45, 7) is 2.44. The topological polar surface area (TPSA) is 95.9 Å². The normalized spacial score (nSPS) is 26.2. The molecule has 3 atom stereocenters. The number of nitrogens with one attached hydrogen (secondary N) is 1. The van der Waals surface area contributed by atoms with E-state index in [1.165, 1.54) is 0 Å². The summed E-state index contributed by atoms with van der Waals surface area (Å²) in [5.74, 6) is -0.963. The first kappa shape index (κ1) is 19.4. The Labute approximate surface area is 148 Å². The van der Waals surface area contributed by atoms with Crippen LogP contribution in [0.15, 0.2) is 12.2 Å². The fraction of sp³-hybridized carbons (Fsp3) is 0.722. The Hall–Kier alpha value is -1.89. The highest BCUT2D eigenvalue weighted by atomic mass is 16.5. The monoisotopic (exact) mass is 352 g/mol. The fourth-order valence-electron chi connectivity index (χ4n) is 3.25. The third kappa shape index (κ3) is 5.85. The number of aliphatic hydroxyl groups is 1. The van der Waals surface area contributed by atoms with Crippen molar-refractivity contribution in [3.05, 3.63) is 12.2 Å². The average Bonchev–Trinajstić information content (AvgIpc) is 3.05. The molecule has 2 aliphatic rings. The largest absolute Gasteiger partial charge is 0.463 e. The lowest BCUT2D eigenvalue weighted by Gasteiger charge is -2.28. The van der Waals surface area contributed by atoms with Gasteiger partial charge < -0.3 is 20.1 Å². The molecule has 2 amide bonds.